The molecule has 1 amide bonds. The molecule has 1 aromatic heterocycles. The standard InChI is InChI=1S/C19H20N2O2S/c1-24(23)17-9-7-16(8-10-17)19(22)20-12-4-13-21-14-11-15-5-2-3-6-18(15)21/h2-3,5-11,14H,4,12-13H2,1H3,(H,20,22)/t24-/m1/s1. The van der Waals surface area contributed by atoms with Crippen molar-refractivity contribution >= 4 is 27.6 Å². The zero-order valence-corrected chi connectivity index (χ0v) is 14.4. The van der Waals surface area contributed by atoms with E-state index in [1.165, 1.54) is 10.9 Å². The molecule has 1 N–H and O–H groups in total. The van der Waals surface area contributed by atoms with E-state index < -0.39 is 10.8 Å². The van der Waals surface area contributed by atoms with Gasteiger partial charge in [0.15, 0.2) is 0 Å². The van der Waals surface area contributed by atoms with Crippen LogP contribution in [-0.4, -0.2) is 27.5 Å². The van der Waals surface area contributed by atoms with Crippen LogP contribution in [0.1, 0.15) is 16.8 Å². The van der Waals surface area contributed by atoms with E-state index >= 15 is 0 Å². The summed E-state index contributed by atoms with van der Waals surface area (Å²) < 4.78 is 13.6. The van der Waals surface area contributed by atoms with Gasteiger partial charge in [0.2, 0.25) is 0 Å². The largest absolute Gasteiger partial charge is 0.352 e. The highest BCUT2D eigenvalue weighted by molar-refractivity contribution is 7.84. The number of aryl methyl sites for hydroxylation is 1. The van der Waals surface area contributed by atoms with Gasteiger partial charge in [0.25, 0.3) is 5.91 Å². The zero-order chi connectivity index (χ0) is 16.9. The lowest BCUT2D eigenvalue weighted by Crippen LogP contribution is -2.25. The number of rotatable bonds is 6. The minimum absolute atomic E-state index is 0.0965. The predicted molar refractivity (Wildman–Crippen MR) is 97.7 cm³/mol. The van der Waals surface area contributed by atoms with Crippen LogP contribution in [0.2, 0.25) is 0 Å². The van der Waals surface area contributed by atoms with Crippen LogP contribution in [0.3, 0.4) is 0 Å². The van der Waals surface area contributed by atoms with Gasteiger partial charge in [0, 0.05) is 52.3 Å². The highest BCUT2D eigenvalue weighted by Gasteiger charge is 2.06. The summed E-state index contributed by atoms with van der Waals surface area (Å²) in [6.07, 6.45) is 4.57. The highest BCUT2D eigenvalue weighted by atomic mass is 32.2. The monoisotopic (exact) mass is 340 g/mol. The predicted octanol–water partition coefficient (Wildman–Crippen LogP) is 3.20. The fourth-order valence-corrected chi connectivity index (χ4v) is 3.21. The lowest BCUT2D eigenvalue weighted by atomic mass is 10.2. The van der Waals surface area contributed by atoms with Crippen molar-refractivity contribution in [3.8, 4) is 0 Å². The molecule has 4 nitrogen and oxygen atoms in total. The molecule has 5 heteroatoms. The molecule has 0 spiro atoms. The molecule has 124 valence electrons. The molecule has 0 unspecified atom stereocenters. The molecule has 24 heavy (non-hydrogen) atoms. The minimum Gasteiger partial charge on any atom is -0.352 e. The van der Waals surface area contributed by atoms with Crippen molar-refractivity contribution in [3.63, 3.8) is 0 Å². The third-order valence-corrected chi connectivity index (χ3v) is 4.93. The van der Waals surface area contributed by atoms with Crippen LogP contribution in [0.25, 0.3) is 10.9 Å². The van der Waals surface area contributed by atoms with Crippen molar-refractivity contribution in [2.45, 2.75) is 17.9 Å². The Bertz CT molecular complexity index is 868. The van der Waals surface area contributed by atoms with Gasteiger partial charge in [0.1, 0.15) is 0 Å². The second kappa shape index (κ2) is 7.45. The summed E-state index contributed by atoms with van der Waals surface area (Å²) in [5.41, 5.74) is 1.81. The van der Waals surface area contributed by atoms with Gasteiger partial charge in [-0.05, 0) is 48.2 Å². The first-order valence-corrected chi connectivity index (χ1v) is 9.46. The number of carbonyl (C=O) groups is 1. The molecule has 3 aromatic rings. The van der Waals surface area contributed by atoms with Crippen LogP contribution in [0.5, 0.6) is 0 Å². The quantitative estimate of drug-likeness (QED) is 0.701. The van der Waals surface area contributed by atoms with Gasteiger partial charge in [-0.1, -0.05) is 18.2 Å². The Labute approximate surface area is 143 Å². The van der Waals surface area contributed by atoms with Gasteiger partial charge in [-0.15, -0.1) is 0 Å². The van der Waals surface area contributed by atoms with Gasteiger partial charge in [-0.25, -0.2) is 0 Å². The molecule has 2 aromatic carbocycles. The third kappa shape index (κ3) is 3.74. The molecule has 0 saturated carbocycles. The second-order valence-electron chi connectivity index (χ2n) is 5.66. The van der Waals surface area contributed by atoms with Crippen molar-refractivity contribution in [1.29, 1.82) is 0 Å². The van der Waals surface area contributed by atoms with E-state index in [-0.39, 0.29) is 5.91 Å². The van der Waals surface area contributed by atoms with Crippen LogP contribution in [0, 0.1) is 0 Å². The van der Waals surface area contributed by atoms with E-state index in [0.29, 0.717) is 12.1 Å². The normalized spacial score (nSPS) is 12.2. The summed E-state index contributed by atoms with van der Waals surface area (Å²) in [5.74, 6) is -0.0965. The first kappa shape index (κ1) is 16.5. The molecule has 0 radical (unpaired) electrons. The number of hydrogen-bond acceptors (Lipinski definition) is 2. The average Bonchev–Trinajstić information content (AvgIpc) is 3.02. The average molecular weight is 340 g/mol. The van der Waals surface area contributed by atoms with E-state index in [1.807, 2.05) is 12.1 Å². The molecule has 1 atom stereocenters. The van der Waals surface area contributed by atoms with Gasteiger partial charge < -0.3 is 9.88 Å². The summed E-state index contributed by atoms with van der Waals surface area (Å²) in [6, 6.07) is 17.3. The Balaban J connectivity index is 1.51. The molecular weight excluding hydrogens is 320 g/mol. The minimum atomic E-state index is -1.02. The Morgan fingerprint density at radius 3 is 2.58 bits per heavy atom. The van der Waals surface area contributed by atoms with Crippen LogP contribution in [0.15, 0.2) is 65.7 Å². The van der Waals surface area contributed by atoms with Gasteiger partial charge >= 0.3 is 0 Å². The van der Waals surface area contributed by atoms with Gasteiger partial charge in [-0.2, -0.15) is 0 Å². The maximum absolute atomic E-state index is 12.1. The number of hydrogen-bond donors (Lipinski definition) is 1. The fraction of sp³-hybridized carbons (Fsp3) is 0.211. The molecule has 0 bridgehead atoms. The SMILES string of the molecule is C[S@@](=O)c1ccc(C(=O)NCCCn2ccc3ccccc32)cc1. The molecule has 0 aliphatic carbocycles. The first-order chi connectivity index (χ1) is 11.6. The molecule has 0 aliphatic heterocycles. The Hall–Kier alpha value is -2.40. The van der Waals surface area contributed by atoms with Crippen LogP contribution >= 0.6 is 0 Å². The number of fused-ring (bicyclic) bond motifs is 1. The third-order valence-electron chi connectivity index (χ3n) is 3.99. The zero-order valence-electron chi connectivity index (χ0n) is 13.6. The highest BCUT2D eigenvalue weighted by Crippen LogP contribution is 2.15. The maximum Gasteiger partial charge on any atom is 0.251 e. The number of nitrogens with one attached hydrogen (secondary N) is 1. The van der Waals surface area contributed by atoms with Crippen molar-refractivity contribution < 1.29 is 9.00 Å². The molecule has 3 rings (SSSR count). The number of aromatic nitrogens is 1. The molecular formula is C19H20N2O2S. The summed E-state index contributed by atoms with van der Waals surface area (Å²) >= 11 is 0. The van der Waals surface area contributed by atoms with Crippen molar-refractivity contribution in [3.05, 3.63) is 66.4 Å². The number of amides is 1. The topological polar surface area (TPSA) is 51.1 Å². The van der Waals surface area contributed by atoms with E-state index in [2.05, 4.69) is 34.3 Å². The van der Waals surface area contributed by atoms with Crippen LogP contribution in [0.4, 0.5) is 0 Å². The molecule has 0 saturated heterocycles. The lowest BCUT2D eigenvalue weighted by Gasteiger charge is -2.08. The Morgan fingerprint density at radius 1 is 1.08 bits per heavy atom. The number of para-hydroxylation sites is 1. The van der Waals surface area contributed by atoms with Crippen LogP contribution in [-0.2, 0) is 17.3 Å². The van der Waals surface area contributed by atoms with Crippen molar-refractivity contribution in [1.82, 2.24) is 9.88 Å². The van der Waals surface area contributed by atoms with E-state index in [1.54, 1.807) is 30.5 Å². The van der Waals surface area contributed by atoms with Crippen LogP contribution < -0.4 is 5.32 Å². The van der Waals surface area contributed by atoms with E-state index in [4.69, 9.17) is 0 Å². The van der Waals surface area contributed by atoms with Crippen molar-refractivity contribution in [2.24, 2.45) is 0 Å². The molecule has 1 heterocycles. The number of carbonyl (C=O) groups excluding carboxylic acids is 1. The van der Waals surface area contributed by atoms with Crippen molar-refractivity contribution in [2.75, 3.05) is 12.8 Å². The molecule has 0 aliphatic rings. The number of benzene rings is 2. The summed E-state index contributed by atoms with van der Waals surface area (Å²) in [6.45, 7) is 1.48. The first-order valence-electron chi connectivity index (χ1n) is 7.91. The Morgan fingerprint density at radius 2 is 1.83 bits per heavy atom. The van der Waals surface area contributed by atoms with E-state index in [9.17, 15) is 9.00 Å². The maximum atomic E-state index is 12.1. The Kier molecular flexibility index (Phi) is 5.11. The summed E-state index contributed by atoms with van der Waals surface area (Å²) in [7, 11) is -1.02. The van der Waals surface area contributed by atoms with Gasteiger partial charge in [0.05, 0.1) is 0 Å². The smallest absolute Gasteiger partial charge is 0.251 e. The fourth-order valence-electron chi connectivity index (χ4n) is 2.69. The van der Waals surface area contributed by atoms with E-state index in [0.717, 1.165) is 17.9 Å². The number of nitrogens with zero attached hydrogens (tertiary/aromatic N) is 1. The van der Waals surface area contributed by atoms with Gasteiger partial charge in [-0.3, -0.25) is 9.00 Å². The molecule has 0 fully saturated rings. The summed E-state index contributed by atoms with van der Waals surface area (Å²) in [4.78, 5) is 12.8. The second-order valence-corrected chi connectivity index (χ2v) is 7.04. The summed E-state index contributed by atoms with van der Waals surface area (Å²) in [5, 5.41) is 4.16. The lowest BCUT2D eigenvalue weighted by molar-refractivity contribution is 0.0952.